The molecule has 2 atom stereocenters. The van der Waals surface area contributed by atoms with Crippen LogP contribution in [-0.4, -0.2) is 32.1 Å². The highest BCUT2D eigenvalue weighted by Gasteiger charge is 2.38. The van der Waals surface area contributed by atoms with Crippen molar-refractivity contribution < 1.29 is 4.74 Å². The van der Waals surface area contributed by atoms with Crippen LogP contribution in [-0.2, 0) is 19.3 Å². The van der Waals surface area contributed by atoms with Crippen LogP contribution in [0, 0.1) is 5.92 Å². The predicted molar refractivity (Wildman–Crippen MR) is 104 cm³/mol. The summed E-state index contributed by atoms with van der Waals surface area (Å²) in [4.78, 5) is 2.51. The summed E-state index contributed by atoms with van der Waals surface area (Å²) in [5, 5.41) is 0. The molecule has 2 aliphatic rings. The highest BCUT2D eigenvalue weighted by atomic mass is 16.5. The average Bonchev–Trinajstić information content (AvgIpc) is 3.03. The Balaban J connectivity index is 1.58. The molecule has 2 aromatic rings. The number of ether oxygens (including phenoxy) is 1. The smallest absolute Gasteiger partial charge is 0.122 e. The minimum Gasteiger partial charge on any atom is -0.496 e. The van der Waals surface area contributed by atoms with Crippen molar-refractivity contribution in [1.82, 2.24) is 4.90 Å². The monoisotopic (exact) mass is 335 g/mol. The summed E-state index contributed by atoms with van der Waals surface area (Å²) in [7, 11) is 4.09. The first kappa shape index (κ1) is 16.7. The van der Waals surface area contributed by atoms with E-state index in [2.05, 4.69) is 54.4 Å². The molecule has 0 N–H and O–H groups in total. The molecule has 1 aliphatic heterocycles. The maximum Gasteiger partial charge on any atom is 0.122 e. The quantitative estimate of drug-likeness (QED) is 0.800. The normalized spacial score (nSPS) is 22.5. The van der Waals surface area contributed by atoms with Crippen molar-refractivity contribution in [2.45, 2.75) is 38.0 Å². The van der Waals surface area contributed by atoms with Crippen LogP contribution in [0.1, 0.15) is 41.0 Å². The third kappa shape index (κ3) is 3.32. The molecule has 2 nitrogen and oxygen atoms in total. The van der Waals surface area contributed by atoms with Crippen LogP contribution in [0.5, 0.6) is 5.75 Å². The summed E-state index contributed by atoms with van der Waals surface area (Å²) < 4.78 is 5.70. The molecule has 0 radical (unpaired) electrons. The Morgan fingerprint density at radius 2 is 1.88 bits per heavy atom. The number of hydrogen-bond acceptors (Lipinski definition) is 2. The summed E-state index contributed by atoms with van der Waals surface area (Å²) in [5.41, 5.74) is 6.14. The van der Waals surface area contributed by atoms with Crippen molar-refractivity contribution in [1.29, 1.82) is 0 Å². The van der Waals surface area contributed by atoms with E-state index in [9.17, 15) is 0 Å². The number of likely N-dealkylation sites (N-methyl/N-ethyl adjacent to an activating group) is 1. The lowest BCUT2D eigenvalue weighted by Gasteiger charge is -2.31. The largest absolute Gasteiger partial charge is 0.496 e. The second-order valence-corrected chi connectivity index (χ2v) is 7.78. The molecule has 1 saturated heterocycles. The summed E-state index contributed by atoms with van der Waals surface area (Å²) in [6, 6.07) is 15.4. The van der Waals surface area contributed by atoms with Crippen LogP contribution < -0.4 is 4.74 Å². The second-order valence-electron chi connectivity index (χ2n) is 7.78. The lowest BCUT2D eigenvalue weighted by atomic mass is 9.74. The average molecular weight is 335 g/mol. The third-order valence-corrected chi connectivity index (χ3v) is 6.14. The number of benzene rings is 2. The van der Waals surface area contributed by atoms with Gasteiger partial charge < -0.3 is 9.64 Å². The number of fused-ring (bicyclic) bond motifs is 3. The van der Waals surface area contributed by atoms with Gasteiger partial charge in [-0.2, -0.15) is 0 Å². The Kier molecular flexibility index (Phi) is 4.80. The molecule has 1 aliphatic carbocycles. The zero-order valence-electron chi connectivity index (χ0n) is 15.5. The fourth-order valence-corrected chi connectivity index (χ4v) is 4.99. The molecule has 2 aromatic carbocycles. The van der Waals surface area contributed by atoms with E-state index in [1.54, 1.807) is 11.1 Å². The van der Waals surface area contributed by atoms with Crippen molar-refractivity contribution in [3.63, 3.8) is 0 Å². The van der Waals surface area contributed by atoms with Gasteiger partial charge in [0.2, 0.25) is 0 Å². The Morgan fingerprint density at radius 3 is 2.68 bits per heavy atom. The van der Waals surface area contributed by atoms with Gasteiger partial charge >= 0.3 is 0 Å². The Morgan fingerprint density at radius 1 is 1.04 bits per heavy atom. The molecule has 25 heavy (non-hydrogen) atoms. The molecular weight excluding hydrogens is 306 g/mol. The Labute approximate surface area is 151 Å². The van der Waals surface area contributed by atoms with Crippen molar-refractivity contribution >= 4 is 0 Å². The van der Waals surface area contributed by atoms with Gasteiger partial charge in [-0.15, -0.1) is 0 Å². The highest BCUT2D eigenvalue weighted by molar-refractivity contribution is 5.49. The Bertz CT molecular complexity index is 724. The van der Waals surface area contributed by atoms with Crippen molar-refractivity contribution in [2.24, 2.45) is 5.92 Å². The third-order valence-electron chi connectivity index (χ3n) is 6.14. The molecule has 1 fully saturated rings. The van der Waals surface area contributed by atoms with Gasteiger partial charge in [0.15, 0.2) is 0 Å². The summed E-state index contributed by atoms with van der Waals surface area (Å²) >= 11 is 0. The molecule has 4 rings (SSSR count). The molecule has 1 heterocycles. The predicted octanol–water partition coefficient (Wildman–Crippen LogP) is 4.46. The summed E-state index contributed by atoms with van der Waals surface area (Å²) in [5.74, 6) is 2.64. The topological polar surface area (TPSA) is 12.5 Å². The molecule has 0 amide bonds. The van der Waals surface area contributed by atoms with Gasteiger partial charge in [0.05, 0.1) is 7.11 Å². The van der Waals surface area contributed by atoms with Gasteiger partial charge in [-0.3, -0.25) is 0 Å². The molecule has 0 unspecified atom stereocenters. The zero-order valence-corrected chi connectivity index (χ0v) is 15.5. The number of methoxy groups -OCH3 is 1. The van der Waals surface area contributed by atoms with E-state index in [0.717, 1.165) is 18.1 Å². The molecule has 0 spiro atoms. The molecule has 2 heteroatoms. The van der Waals surface area contributed by atoms with E-state index >= 15 is 0 Å². The van der Waals surface area contributed by atoms with Gasteiger partial charge in [-0.25, -0.2) is 0 Å². The molecule has 132 valence electrons. The fourth-order valence-electron chi connectivity index (χ4n) is 4.99. The zero-order chi connectivity index (χ0) is 17.2. The maximum absolute atomic E-state index is 5.70. The van der Waals surface area contributed by atoms with Crippen LogP contribution in [0.15, 0.2) is 42.5 Å². The number of hydrogen-bond donors (Lipinski definition) is 0. The molecule has 0 bridgehead atoms. The first-order valence-electron chi connectivity index (χ1n) is 9.67. The van der Waals surface area contributed by atoms with Gasteiger partial charge in [0.1, 0.15) is 5.75 Å². The van der Waals surface area contributed by atoms with Crippen molar-refractivity contribution in [3.05, 3.63) is 64.7 Å². The van der Waals surface area contributed by atoms with Crippen LogP contribution in [0.3, 0.4) is 0 Å². The Hall–Kier alpha value is -1.80. The van der Waals surface area contributed by atoms with Crippen molar-refractivity contribution in [2.75, 3.05) is 27.2 Å². The van der Waals surface area contributed by atoms with E-state index in [-0.39, 0.29) is 0 Å². The first-order valence-corrected chi connectivity index (χ1v) is 9.67. The lowest BCUT2D eigenvalue weighted by molar-refractivity contribution is 0.378. The van der Waals surface area contributed by atoms with Crippen LogP contribution in [0.2, 0.25) is 0 Å². The van der Waals surface area contributed by atoms with E-state index in [1.165, 1.54) is 49.9 Å². The van der Waals surface area contributed by atoms with E-state index in [1.807, 2.05) is 7.11 Å². The number of aryl methyl sites for hydroxylation is 2. The van der Waals surface area contributed by atoms with E-state index < -0.39 is 0 Å². The number of likely N-dealkylation sites (tertiary alicyclic amines) is 1. The minimum atomic E-state index is 0.704. The van der Waals surface area contributed by atoms with Crippen LogP contribution >= 0.6 is 0 Å². The number of nitrogens with zero attached hydrogens (tertiary/aromatic N) is 1. The first-order chi connectivity index (χ1) is 12.3. The van der Waals surface area contributed by atoms with Gasteiger partial charge in [0, 0.05) is 19.0 Å². The maximum atomic E-state index is 5.70. The highest BCUT2D eigenvalue weighted by Crippen LogP contribution is 2.45. The molecule has 0 saturated carbocycles. The van der Waals surface area contributed by atoms with Crippen LogP contribution in [0.4, 0.5) is 0 Å². The van der Waals surface area contributed by atoms with E-state index in [0.29, 0.717) is 5.92 Å². The van der Waals surface area contributed by atoms with Gasteiger partial charge in [-0.1, -0.05) is 36.4 Å². The summed E-state index contributed by atoms with van der Waals surface area (Å²) in [6.07, 6.45) is 6.05. The fraction of sp³-hybridized carbons (Fsp3) is 0.478. The summed E-state index contributed by atoms with van der Waals surface area (Å²) in [6.45, 7) is 2.46. The SMILES string of the molecule is COc1ccc(CCCc2ccccc2)c2c1CC[C@H]1CN(C)C[C@@H]21. The number of rotatable bonds is 5. The van der Waals surface area contributed by atoms with Crippen LogP contribution in [0.25, 0.3) is 0 Å². The van der Waals surface area contributed by atoms with Gasteiger partial charge in [-0.05, 0) is 73.4 Å². The van der Waals surface area contributed by atoms with E-state index in [4.69, 9.17) is 4.74 Å². The van der Waals surface area contributed by atoms with Gasteiger partial charge in [0.25, 0.3) is 0 Å². The minimum absolute atomic E-state index is 0.704. The molecular formula is C23H29NO. The van der Waals surface area contributed by atoms with Crippen molar-refractivity contribution in [3.8, 4) is 5.75 Å². The standard InChI is InChI=1S/C23H29NO/c1-24-15-19-11-13-20-22(25-2)14-12-18(23(20)21(19)16-24)10-6-9-17-7-4-3-5-8-17/h3-5,7-8,12,14,19,21H,6,9-11,13,15-16H2,1-2H3/t19-,21+/m0/s1. The lowest BCUT2D eigenvalue weighted by Crippen LogP contribution is -2.21. The second kappa shape index (κ2) is 7.21. The molecule has 0 aromatic heterocycles.